The number of hydrogen-bond acceptors (Lipinski definition) is 4. The molecule has 0 unspecified atom stereocenters. The second-order valence-corrected chi connectivity index (χ2v) is 7.83. The Kier molecular flexibility index (Phi) is 5.50. The number of anilines is 1. The first kappa shape index (κ1) is 20.0. The number of nitrogens with zero attached hydrogens (tertiary/aromatic N) is 1. The van der Waals surface area contributed by atoms with Gasteiger partial charge in [0.05, 0.1) is 5.39 Å². The van der Waals surface area contributed by atoms with Crippen LogP contribution in [0.5, 0.6) is 0 Å². The molecule has 0 aliphatic carbocycles. The van der Waals surface area contributed by atoms with Gasteiger partial charge >= 0.3 is 0 Å². The molecule has 3 aromatic rings. The van der Waals surface area contributed by atoms with E-state index in [9.17, 15) is 14.4 Å². The van der Waals surface area contributed by atoms with Gasteiger partial charge in [-0.05, 0) is 61.5 Å². The van der Waals surface area contributed by atoms with Crippen molar-refractivity contribution in [1.29, 1.82) is 0 Å². The molecular formula is C24H25N3O3. The fourth-order valence-electron chi connectivity index (χ4n) is 4.07. The van der Waals surface area contributed by atoms with Crippen LogP contribution < -0.4 is 16.2 Å². The van der Waals surface area contributed by atoms with Crippen molar-refractivity contribution in [1.82, 2.24) is 9.88 Å². The zero-order valence-corrected chi connectivity index (χ0v) is 17.2. The smallest absolute Gasteiger partial charge is 0.265 e. The van der Waals surface area contributed by atoms with Crippen molar-refractivity contribution < 1.29 is 9.59 Å². The molecule has 154 valence electrons. The number of aryl methyl sites for hydroxylation is 1. The van der Waals surface area contributed by atoms with Gasteiger partial charge in [0, 0.05) is 30.3 Å². The van der Waals surface area contributed by atoms with Crippen molar-refractivity contribution in [2.45, 2.75) is 26.7 Å². The Morgan fingerprint density at radius 2 is 1.77 bits per heavy atom. The summed E-state index contributed by atoms with van der Waals surface area (Å²) in [5, 5.41) is 7.37. The highest BCUT2D eigenvalue weighted by Crippen LogP contribution is 2.31. The largest absolute Gasteiger partial charge is 0.326 e. The van der Waals surface area contributed by atoms with Crippen LogP contribution in [0.2, 0.25) is 0 Å². The molecular weight excluding hydrogens is 378 g/mol. The van der Waals surface area contributed by atoms with Gasteiger partial charge in [0.2, 0.25) is 11.8 Å². The van der Waals surface area contributed by atoms with E-state index < -0.39 is 0 Å². The number of amides is 1. The molecule has 0 saturated carbocycles. The zero-order chi connectivity index (χ0) is 21.3. The summed E-state index contributed by atoms with van der Waals surface area (Å²) in [7, 11) is 0. The highest BCUT2D eigenvalue weighted by molar-refractivity contribution is 6.01. The number of rotatable bonds is 3. The summed E-state index contributed by atoms with van der Waals surface area (Å²) in [6.07, 6.45) is 3.21. The number of piperidine rings is 1. The molecule has 0 spiro atoms. The van der Waals surface area contributed by atoms with E-state index in [1.807, 2.05) is 43.3 Å². The van der Waals surface area contributed by atoms with Crippen LogP contribution >= 0.6 is 0 Å². The topological polar surface area (TPSA) is 80.2 Å². The van der Waals surface area contributed by atoms with Crippen molar-refractivity contribution in [2.75, 3.05) is 18.4 Å². The SMILES string of the molecule is CC(=O)n1cc(-c2ccccc2C)c2ccc(NC(=O)C3CCNCC3)cc2c1=O. The number of hydrogen-bond donors (Lipinski definition) is 2. The number of fused-ring (bicyclic) bond motifs is 1. The number of nitrogens with one attached hydrogen (secondary N) is 2. The van der Waals surface area contributed by atoms with E-state index >= 15 is 0 Å². The molecule has 30 heavy (non-hydrogen) atoms. The van der Waals surface area contributed by atoms with E-state index in [4.69, 9.17) is 0 Å². The first-order valence-electron chi connectivity index (χ1n) is 10.2. The number of carbonyl (C=O) groups excluding carboxylic acids is 2. The Bertz CT molecular complexity index is 1190. The molecule has 2 aromatic carbocycles. The number of pyridine rings is 1. The molecule has 4 rings (SSSR count). The first-order chi connectivity index (χ1) is 14.5. The lowest BCUT2D eigenvalue weighted by Gasteiger charge is -2.22. The van der Waals surface area contributed by atoms with Crippen LogP contribution in [0.25, 0.3) is 21.9 Å². The molecule has 6 nitrogen and oxygen atoms in total. The van der Waals surface area contributed by atoms with Crippen LogP contribution in [0, 0.1) is 12.8 Å². The van der Waals surface area contributed by atoms with Gasteiger partial charge in [-0.1, -0.05) is 30.3 Å². The molecule has 6 heteroatoms. The van der Waals surface area contributed by atoms with Gasteiger partial charge in [-0.25, -0.2) is 0 Å². The standard InChI is InChI=1S/C24H25N3O3/c1-15-5-3-4-6-19(15)22-14-27(16(2)28)24(30)21-13-18(7-8-20(21)22)26-23(29)17-9-11-25-12-10-17/h3-8,13-14,17,25H,9-12H2,1-2H3,(H,26,29). The van der Waals surface area contributed by atoms with E-state index in [2.05, 4.69) is 10.6 Å². The highest BCUT2D eigenvalue weighted by atomic mass is 16.2. The molecule has 0 atom stereocenters. The van der Waals surface area contributed by atoms with Crippen LogP contribution in [0.15, 0.2) is 53.5 Å². The van der Waals surface area contributed by atoms with Crippen LogP contribution in [0.4, 0.5) is 5.69 Å². The second-order valence-electron chi connectivity index (χ2n) is 7.83. The Hall–Kier alpha value is -3.25. The number of aromatic nitrogens is 1. The Balaban J connectivity index is 1.82. The summed E-state index contributed by atoms with van der Waals surface area (Å²) in [6, 6.07) is 13.2. The highest BCUT2D eigenvalue weighted by Gasteiger charge is 2.21. The van der Waals surface area contributed by atoms with Crippen LogP contribution in [0.3, 0.4) is 0 Å². The minimum Gasteiger partial charge on any atom is -0.326 e. The Morgan fingerprint density at radius 3 is 2.47 bits per heavy atom. The first-order valence-corrected chi connectivity index (χ1v) is 10.2. The van der Waals surface area contributed by atoms with Crippen molar-refractivity contribution in [3.8, 4) is 11.1 Å². The van der Waals surface area contributed by atoms with Crippen LogP contribution in [0.1, 0.15) is 30.1 Å². The normalized spacial score (nSPS) is 14.6. The minimum absolute atomic E-state index is 0.0298. The molecule has 2 heterocycles. The van der Waals surface area contributed by atoms with Gasteiger partial charge in [0.1, 0.15) is 0 Å². The van der Waals surface area contributed by atoms with E-state index in [1.54, 1.807) is 12.3 Å². The van der Waals surface area contributed by atoms with E-state index in [0.29, 0.717) is 11.1 Å². The molecule has 0 bridgehead atoms. The summed E-state index contributed by atoms with van der Waals surface area (Å²) in [6.45, 7) is 5.04. The molecule has 1 aliphatic rings. The zero-order valence-electron chi connectivity index (χ0n) is 17.2. The van der Waals surface area contributed by atoms with E-state index in [0.717, 1.165) is 52.6 Å². The second kappa shape index (κ2) is 8.24. The van der Waals surface area contributed by atoms with Crippen molar-refractivity contribution in [3.05, 3.63) is 64.6 Å². The summed E-state index contributed by atoms with van der Waals surface area (Å²) in [5.41, 5.74) is 3.02. The molecule has 1 aliphatic heterocycles. The molecule has 1 saturated heterocycles. The van der Waals surface area contributed by atoms with E-state index in [1.165, 1.54) is 6.92 Å². The van der Waals surface area contributed by atoms with Crippen LogP contribution in [-0.2, 0) is 4.79 Å². The van der Waals surface area contributed by atoms with Gasteiger partial charge < -0.3 is 10.6 Å². The van der Waals surface area contributed by atoms with Crippen molar-refractivity contribution in [2.24, 2.45) is 5.92 Å². The number of benzene rings is 2. The monoisotopic (exact) mass is 403 g/mol. The quantitative estimate of drug-likeness (QED) is 0.701. The van der Waals surface area contributed by atoms with Crippen LogP contribution in [-0.4, -0.2) is 29.5 Å². The molecule has 1 amide bonds. The third kappa shape index (κ3) is 3.78. The molecule has 2 N–H and O–H groups in total. The average molecular weight is 403 g/mol. The fourth-order valence-corrected chi connectivity index (χ4v) is 4.07. The van der Waals surface area contributed by atoms with Gasteiger partial charge in [0.25, 0.3) is 5.56 Å². The maximum atomic E-state index is 13.0. The third-order valence-electron chi connectivity index (χ3n) is 5.77. The fraction of sp³-hybridized carbons (Fsp3) is 0.292. The summed E-state index contributed by atoms with van der Waals surface area (Å²) in [4.78, 5) is 37.8. The minimum atomic E-state index is -0.382. The predicted molar refractivity (Wildman–Crippen MR) is 119 cm³/mol. The summed E-state index contributed by atoms with van der Waals surface area (Å²) in [5.74, 6) is -0.409. The lowest BCUT2D eigenvalue weighted by atomic mass is 9.96. The van der Waals surface area contributed by atoms with E-state index in [-0.39, 0.29) is 23.3 Å². The Morgan fingerprint density at radius 1 is 1.03 bits per heavy atom. The molecule has 0 radical (unpaired) electrons. The average Bonchev–Trinajstić information content (AvgIpc) is 2.75. The van der Waals surface area contributed by atoms with Gasteiger partial charge in [-0.3, -0.25) is 19.0 Å². The predicted octanol–water partition coefficient (Wildman–Crippen LogP) is 3.58. The molecule has 1 aromatic heterocycles. The lowest BCUT2D eigenvalue weighted by molar-refractivity contribution is -0.120. The maximum absolute atomic E-state index is 13.0. The summed E-state index contributed by atoms with van der Waals surface area (Å²) >= 11 is 0. The van der Waals surface area contributed by atoms with Gasteiger partial charge in [0.15, 0.2) is 0 Å². The van der Waals surface area contributed by atoms with Crippen molar-refractivity contribution >= 4 is 28.3 Å². The third-order valence-corrected chi connectivity index (χ3v) is 5.77. The number of carbonyl (C=O) groups is 2. The summed E-state index contributed by atoms with van der Waals surface area (Å²) < 4.78 is 1.14. The van der Waals surface area contributed by atoms with Gasteiger partial charge in [-0.2, -0.15) is 0 Å². The lowest BCUT2D eigenvalue weighted by Crippen LogP contribution is -2.34. The van der Waals surface area contributed by atoms with Crippen molar-refractivity contribution in [3.63, 3.8) is 0 Å². The maximum Gasteiger partial charge on any atom is 0.265 e. The Labute approximate surface area is 174 Å². The molecule has 1 fully saturated rings. The van der Waals surface area contributed by atoms with Gasteiger partial charge in [-0.15, -0.1) is 0 Å².